The fraction of sp³-hybridized carbons (Fsp3) is 0.444. The quantitative estimate of drug-likeness (QED) is 0.326. The molecule has 2 atom stereocenters. The molecule has 216 valence electrons. The van der Waals surface area contributed by atoms with Gasteiger partial charge in [-0.05, 0) is 31.5 Å². The number of β-amino-alcohol motifs (C(OH)–C–C–N with tert-alkyl or cyclic N) is 1. The molecule has 9 nitrogen and oxygen atoms in total. The van der Waals surface area contributed by atoms with Gasteiger partial charge in [0.25, 0.3) is 0 Å². The summed E-state index contributed by atoms with van der Waals surface area (Å²) in [5.41, 5.74) is 5.64. The zero-order valence-corrected chi connectivity index (χ0v) is 23.4. The Balaban J connectivity index is 1.42. The number of benzene rings is 2. The highest BCUT2D eigenvalue weighted by Gasteiger charge is 2.49. The van der Waals surface area contributed by atoms with Crippen LogP contribution in [0.5, 0.6) is 11.8 Å². The van der Waals surface area contributed by atoms with Gasteiger partial charge < -0.3 is 25.2 Å². The second-order valence-corrected chi connectivity index (χ2v) is 12.0. The number of halogens is 4. The molecule has 2 aromatic heterocycles. The van der Waals surface area contributed by atoms with Crippen LogP contribution in [0.1, 0.15) is 19.3 Å². The first-order chi connectivity index (χ1) is 19.8. The van der Waals surface area contributed by atoms with Gasteiger partial charge in [0.05, 0.1) is 39.3 Å². The fourth-order valence-electron chi connectivity index (χ4n) is 6.44. The molecule has 0 bridgehead atoms. The molecule has 3 aliphatic rings. The van der Waals surface area contributed by atoms with Gasteiger partial charge in [-0.15, -0.1) is 0 Å². The number of hydrogen-bond donors (Lipinski definition) is 2. The van der Waals surface area contributed by atoms with E-state index in [4.69, 9.17) is 26.8 Å². The van der Waals surface area contributed by atoms with Crippen molar-refractivity contribution in [1.82, 2.24) is 19.9 Å². The molecule has 3 aliphatic heterocycles. The molecule has 0 spiro atoms. The van der Waals surface area contributed by atoms with Crippen LogP contribution in [0.15, 0.2) is 12.1 Å². The van der Waals surface area contributed by atoms with Crippen LogP contribution in [0.2, 0.25) is 5.02 Å². The van der Waals surface area contributed by atoms with Crippen molar-refractivity contribution in [2.75, 3.05) is 56.6 Å². The molecule has 0 radical (unpaired) electrons. The van der Waals surface area contributed by atoms with Crippen molar-refractivity contribution in [1.29, 1.82) is 0 Å². The number of nitrogen functional groups attached to an aromatic ring is 1. The highest BCUT2D eigenvalue weighted by molar-refractivity contribution is 7.22. The zero-order valence-electron chi connectivity index (χ0n) is 21.8. The van der Waals surface area contributed by atoms with E-state index in [2.05, 4.69) is 19.9 Å². The monoisotopic (exact) mass is 606 g/mol. The summed E-state index contributed by atoms with van der Waals surface area (Å²) in [5, 5.41) is 10.1. The van der Waals surface area contributed by atoms with Gasteiger partial charge in [-0.1, -0.05) is 22.9 Å². The third kappa shape index (κ3) is 4.24. The van der Waals surface area contributed by atoms with Gasteiger partial charge in [0.2, 0.25) is 0 Å². The predicted octanol–water partition coefficient (Wildman–Crippen LogP) is 4.57. The van der Waals surface area contributed by atoms with Crippen molar-refractivity contribution in [3.05, 3.63) is 28.8 Å². The number of rotatable bonds is 6. The molecule has 4 aromatic rings. The molecule has 0 saturated carbocycles. The molecule has 2 saturated heterocycles. The highest BCUT2D eigenvalue weighted by atomic mass is 35.5. The number of ether oxygens (including phenoxy) is 2. The van der Waals surface area contributed by atoms with E-state index in [1.807, 2.05) is 0 Å². The number of aliphatic hydroxyl groups excluding tert-OH is 1. The van der Waals surface area contributed by atoms with Crippen molar-refractivity contribution >= 4 is 55.0 Å². The van der Waals surface area contributed by atoms with Crippen LogP contribution in [0, 0.1) is 11.6 Å². The van der Waals surface area contributed by atoms with Gasteiger partial charge in [0, 0.05) is 30.6 Å². The maximum Gasteiger partial charge on any atom is 0.319 e. The second kappa shape index (κ2) is 10.0. The van der Waals surface area contributed by atoms with E-state index < -0.39 is 23.3 Å². The van der Waals surface area contributed by atoms with Gasteiger partial charge >= 0.3 is 6.01 Å². The SMILES string of the molecule is Nc1nc2c(-c3c(Cl)c4c5c(nc(OC[C@@]67CCCN6C[C@H](F)C7)nc5c3F)N(CCO)CCO4)ccc(F)c2s1. The summed E-state index contributed by atoms with van der Waals surface area (Å²) in [5.74, 6) is -0.858. The van der Waals surface area contributed by atoms with E-state index >= 15 is 4.39 Å². The Morgan fingerprint density at radius 2 is 2.07 bits per heavy atom. The second-order valence-electron chi connectivity index (χ2n) is 10.6. The largest absolute Gasteiger partial charge is 0.489 e. The minimum absolute atomic E-state index is 0.0423. The number of nitrogens with two attached hydrogens (primary N) is 1. The summed E-state index contributed by atoms with van der Waals surface area (Å²) in [4.78, 5) is 17.2. The Kier molecular flexibility index (Phi) is 6.53. The van der Waals surface area contributed by atoms with E-state index in [9.17, 15) is 13.9 Å². The number of alkyl halides is 1. The lowest BCUT2D eigenvalue weighted by Crippen LogP contribution is -2.43. The van der Waals surface area contributed by atoms with Gasteiger partial charge in [-0.25, -0.2) is 18.2 Å². The van der Waals surface area contributed by atoms with Gasteiger partial charge in [-0.3, -0.25) is 4.90 Å². The predicted molar refractivity (Wildman–Crippen MR) is 151 cm³/mol. The smallest absolute Gasteiger partial charge is 0.319 e. The van der Waals surface area contributed by atoms with Crippen LogP contribution in [-0.4, -0.2) is 82.7 Å². The summed E-state index contributed by atoms with van der Waals surface area (Å²) in [6.45, 7) is 1.84. The number of aromatic nitrogens is 3. The van der Waals surface area contributed by atoms with Crippen LogP contribution >= 0.6 is 22.9 Å². The number of fused-ring (bicyclic) bond motifs is 2. The molecular formula is C27H26ClF3N6O3S. The molecule has 2 aromatic carbocycles. The van der Waals surface area contributed by atoms with Gasteiger partial charge in [0.15, 0.2) is 16.7 Å². The summed E-state index contributed by atoms with van der Waals surface area (Å²) in [6, 6.07) is 2.53. The minimum Gasteiger partial charge on any atom is -0.489 e. The maximum absolute atomic E-state index is 16.6. The van der Waals surface area contributed by atoms with Crippen molar-refractivity contribution < 1.29 is 27.8 Å². The standard InChI is InChI=1S/C27H26ClF3N6O3S/c28-18-16(14-2-3-15(30)23-20(14)33-25(32)41-23)19(31)21-17-22(18)39-9-7-36(6-8-38)24(17)35-26(34-21)40-12-27-4-1-5-37(27)11-13(29)10-27/h2-3,13,38H,1,4-12H2,(H2,32,33)/t13-,27+/m1/s1. The number of thiazole rings is 1. The lowest BCUT2D eigenvalue weighted by Gasteiger charge is -2.31. The first-order valence-electron chi connectivity index (χ1n) is 13.4. The first kappa shape index (κ1) is 26.7. The van der Waals surface area contributed by atoms with E-state index in [1.54, 1.807) is 4.90 Å². The number of nitrogens with zero attached hydrogens (tertiary/aromatic N) is 5. The van der Waals surface area contributed by atoms with Crippen LogP contribution in [0.25, 0.3) is 32.2 Å². The normalized spacial score (nSPS) is 22.4. The number of anilines is 2. The average molecular weight is 607 g/mol. The first-order valence-corrected chi connectivity index (χ1v) is 14.6. The minimum atomic E-state index is -0.935. The third-order valence-electron chi connectivity index (χ3n) is 8.23. The topological polar surface area (TPSA) is 110 Å². The van der Waals surface area contributed by atoms with Gasteiger partial charge in [0.1, 0.15) is 36.5 Å². The Labute approximate surface area is 241 Å². The maximum atomic E-state index is 16.6. The average Bonchev–Trinajstić information content (AvgIpc) is 3.57. The molecule has 0 unspecified atom stereocenters. The van der Waals surface area contributed by atoms with E-state index in [1.165, 1.54) is 12.1 Å². The third-order valence-corrected chi connectivity index (χ3v) is 9.49. The molecule has 0 amide bonds. The number of hydrogen-bond acceptors (Lipinski definition) is 10. The van der Waals surface area contributed by atoms with Crippen molar-refractivity contribution in [2.45, 2.75) is 31.0 Å². The van der Waals surface area contributed by atoms with Crippen LogP contribution in [0.3, 0.4) is 0 Å². The molecule has 7 rings (SSSR count). The van der Waals surface area contributed by atoms with Crippen LogP contribution < -0.4 is 20.1 Å². The lowest BCUT2D eigenvalue weighted by atomic mass is 9.95. The fourth-order valence-corrected chi connectivity index (χ4v) is 7.54. The summed E-state index contributed by atoms with van der Waals surface area (Å²) >= 11 is 7.78. The van der Waals surface area contributed by atoms with Crippen molar-refractivity contribution in [2.24, 2.45) is 0 Å². The molecule has 14 heteroatoms. The Morgan fingerprint density at radius 1 is 1.22 bits per heavy atom. The Bertz CT molecular complexity index is 1690. The van der Waals surface area contributed by atoms with Crippen molar-refractivity contribution in [3.63, 3.8) is 0 Å². The van der Waals surface area contributed by atoms with Crippen molar-refractivity contribution in [3.8, 4) is 22.9 Å². The summed E-state index contributed by atoms with van der Waals surface area (Å²) in [6.07, 6.45) is 1.14. The molecule has 2 fully saturated rings. The lowest BCUT2D eigenvalue weighted by molar-refractivity contribution is 0.107. The zero-order chi connectivity index (χ0) is 28.5. The Hall–Kier alpha value is -3.13. The Morgan fingerprint density at radius 3 is 2.90 bits per heavy atom. The van der Waals surface area contributed by atoms with Crippen LogP contribution in [-0.2, 0) is 0 Å². The highest BCUT2D eigenvalue weighted by Crippen LogP contribution is 2.49. The molecule has 0 aliphatic carbocycles. The van der Waals surface area contributed by atoms with E-state index in [-0.39, 0.29) is 80.5 Å². The summed E-state index contributed by atoms with van der Waals surface area (Å²) < 4.78 is 57.9. The van der Waals surface area contributed by atoms with Gasteiger partial charge in [-0.2, -0.15) is 9.97 Å². The summed E-state index contributed by atoms with van der Waals surface area (Å²) in [7, 11) is 0. The molecular weight excluding hydrogens is 581 g/mol. The van der Waals surface area contributed by atoms with Crippen LogP contribution in [0.4, 0.5) is 24.1 Å². The molecule has 5 heterocycles. The van der Waals surface area contributed by atoms with E-state index in [0.29, 0.717) is 25.3 Å². The molecule has 3 N–H and O–H groups in total. The number of aliphatic hydroxyl groups is 1. The molecule has 41 heavy (non-hydrogen) atoms. The van der Waals surface area contributed by atoms with E-state index in [0.717, 1.165) is 30.7 Å².